The highest BCUT2D eigenvalue weighted by Gasteiger charge is 2.05. The number of aromatic nitrogens is 1. The monoisotopic (exact) mass is 289 g/mol. The zero-order valence-corrected chi connectivity index (χ0v) is 11.9. The third-order valence-electron chi connectivity index (χ3n) is 3.17. The lowest BCUT2D eigenvalue weighted by Crippen LogP contribution is -2.36. The molecule has 0 saturated heterocycles. The number of benzene rings is 1. The number of hydrogen-bond acceptors (Lipinski definition) is 4. The molecule has 2 aromatic rings. The third-order valence-corrected chi connectivity index (χ3v) is 3.17. The van der Waals surface area contributed by atoms with Crippen molar-refractivity contribution in [2.45, 2.75) is 26.5 Å². The fourth-order valence-corrected chi connectivity index (χ4v) is 1.86. The van der Waals surface area contributed by atoms with Crippen molar-refractivity contribution in [1.29, 1.82) is 0 Å². The number of amides is 2. The van der Waals surface area contributed by atoms with Crippen molar-refractivity contribution in [3.63, 3.8) is 0 Å². The summed E-state index contributed by atoms with van der Waals surface area (Å²) in [4.78, 5) is 15.6. The van der Waals surface area contributed by atoms with E-state index in [9.17, 15) is 4.79 Å². The first-order valence-electron chi connectivity index (χ1n) is 6.78. The van der Waals surface area contributed by atoms with Crippen molar-refractivity contribution in [3.8, 4) is 0 Å². The van der Waals surface area contributed by atoms with E-state index in [4.69, 9.17) is 9.52 Å². The Morgan fingerprint density at radius 2 is 1.95 bits per heavy atom. The highest BCUT2D eigenvalue weighted by Crippen LogP contribution is 2.05. The van der Waals surface area contributed by atoms with Crippen LogP contribution in [0.2, 0.25) is 0 Å². The summed E-state index contributed by atoms with van der Waals surface area (Å²) >= 11 is 0. The minimum absolute atomic E-state index is 0.0440. The molecule has 0 unspecified atom stereocenters. The fourth-order valence-electron chi connectivity index (χ4n) is 1.86. The van der Waals surface area contributed by atoms with Crippen molar-refractivity contribution < 1.29 is 14.3 Å². The molecule has 0 aliphatic rings. The van der Waals surface area contributed by atoms with Gasteiger partial charge in [-0.15, -0.1) is 0 Å². The number of hydrogen-bond donors (Lipinski definition) is 3. The Morgan fingerprint density at radius 3 is 2.57 bits per heavy atom. The van der Waals surface area contributed by atoms with Gasteiger partial charge in [0.1, 0.15) is 11.5 Å². The van der Waals surface area contributed by atoms with Gasteiger partial charge in [-0.2, -0.15) is 0 Å². The van der Waals surface area contributed by atoms with Crippen molar-refractivity contribution in [2.75, 3.05) is 6.54 Å². The maximum absolute atomic E-state index is 11.6. The highest BCUT2D eigenvalue weighted by molar-refractivity contribution is 5.73. The van der Waals surface area contributed by atoms with Crippen LogP contribution in [0.25, 0.3) is 0 Å². The van der Waals surface area contributed by atoms with Gasteiger partial charge in [0.25, 0.3) is 0 Å². The first kappa shape index (κ1) is 15.1. The zero-order chi connectivity index (χ0) is 15.1. The van der Waals surface area contributed by atoms with Gasteiger partial charge in [-0.25, -0.2) is 9.78 Å². The number of rotatable bonds is 6. The molecule has 0 aliphatic carbocycles. The number of nitrogens with one attached hydrogen (secondary N) is 2. The molecular weight excluding hydrogens is 270 g/mol. The van der Waals surface area contributed by atoms with Gasteiger partial charge in [-0.05, 0) is 24.5 Å². The van der Waals surface area contributed by atoms with Crippen LogP contribution in [0.1, 0.15) is 22.6 Å². The van der Waals surface area contributed by atoms with E-state index in [2.05, 4.69) is 15.6 Å². The summed E-state index contributed by atoms with van der Waals surface area (Å²) in [7, 11) is 0. The van der Waals surface area contributed by atoms with Crippen LogP contribution in [-0.2, 0) is 19.6 Å². The molecule has 21 heavy (non-hydrogen) atoms. The van der Waals surface area contributed by atoms with E-state index in [1.54, 1.807) is 6.92 Å². The Hall–Kier alpha value is -2.34. The summed E-state index contributed by atoms with van der Waals surface area (Å²) in [6, 6.07) is 7.42. The number of carbonyl (C=O) groups excluding carboxylic acids is 1. The maximum Gasteiger partial charge on any atom is 0.315 e. The SMILES string of the molecule is Cc1ocnc1CNC(=O)NCCc1ccc(CO)cc1. The maximum atomic E-state index is 11.6. The van der Waals surface area contributed by atoms with Gasteiger partial charge in [0.2, 0.25) is 0 Å². The second-order valence-electron chi connectivity index (χ2n) is 4.69. The van der Waals surface area contributed by atoms with E-state index < -0.39 is 0 Å². The van der Waals surface area contributed by atoms with E-state index in [-0.39, 0.29) is 12.6 Å². The molecule has 1 heterocycles. The molecule has 112 valence electrons. The van der Waals surface area contributed by atoms with Gasteiger partial charge in [0, 0.05) is 6.54 Å². The molecular formula is C15H19N3O3. The summed E-state index contributed by atoms with van der Waals surface area (Å²) in [5.74, 6) is 0.708. The fraction of sp³-hybridized carbons (Fsp3) is 0.333. The van der Waals surface area contributed by atoms with Crippen LogP contribution in [0.5, 0.6) is 0 Å². The topological polar surface area (TPSA) is 87.4 Å². The predicted molar refractivity (Wildman–Crippen MR) is 77.5 cm³/mol. The smallest absolute Gasteiger partial charge is 0.315 e. The number of nitrogens with zero attached hydrogens (tertiary/aromatic N) is 1. The number of carbonyl (C=O) groups is 1. The van der Waals surface area contributed by atoms with Crippen molar-refractivity contribution in [3.05, 3.63) is 53.2 Å². The van der Waals surface area contributed by atoms with Crippen LogP contribution >= 0.6 is 0 Å². The van der Waals surface area contributed by atoms with Gasteiger partial charge in [0.15, 0.2) is 6.39 Å². The minimum Gasteiger partial charge on any atom is -0.448 e. The van der Waals surface area contributed by atoms with Crippen LogP contribution in [0, 0.1) is 6.92 Å². The summed E-state index contributed by atoms with van der Waals surface area (Å²) in [5, 5.41) is 14.5. The van der Waals surface area contributed by atoms with Gasteiger partial charge in [-0.1, -0.05) is 24.3 Å². The van der Waals surface area contributed by atoms with E-state index in [1.807, 2.05) is 24.3 Å². The number of aryl methyl sites for hydroxylation is 1. The Morgan fingerprint density at radius 1 is 1.24 bits per heavy atom. The Kier molecular flexibility index (Phi) is 5.34. The highest BCUT2D eigenvalue weighted by atomic mass is 16.3. The molecule has 2 amide bonds. The van der Waals surface area contributed by atoms with E-state index >= 15 is 0 Å². The van der Waals surface area contributed by atoms with E-state index in [0.717, 1.165) is 23.2 Å². The molecule has 6 nitrogen and oxygen atoms in total. The Labute approximate surface area is 123 Å². The lowest BCUT2D eigenvalue weighted by Gasteiger charge is -2.07. The first-order chi connectivity index (χ1) is 10.2. The molecule has 6 heteroatoms. The lowest BCUT2D eigenvalue weighted by atomic mass is 10.1. The van der Waals surface area contributed by atoms with Gasteiger partial charge in [0.05, 0.1) is 13.2 Å². The summed E-state index contributed by atoms with van der Waals surface area (Å²) in [6.45, 7) is 2.74. The quantitative estimate of drug-likeness (QED) is 0.752. The number of urea groups is 1. The predicted octanol–water partition coefficient (Wildman–Crippen LogP) is 1.52. The summed E-state index contributed by atoms with van der Waals surface area (Å²) in [5.41, 5.74) is 2.72. The standard InChI is InChI=1S/C15H19N3O3/c1-11-14(18-10-21-11)8-17-15(20)16-7-6-12-2-4-13(9-19)5-3-12/h2-5,10,19H,6-9H2,1H3,(H2,16,17,20). The van der Waals surface area contributed by atoms with E-state index in [0.29, 0.717) is 18.8 Å². The van der Waals surface area contributed by atoms with Crippen molar-refractivity contribution in [2.24, 2.45) is 0 Å². The molecule has 0 spiro atoms. The Bertz CT molecular complexity index is 578. The lowest BCUT2D eigenvalue weighted by molar-refractivity contribution is 0.240. The van der Waals surface area contributed by atoms with Crippen LogP contribution in [0.3, 0.4) is 0 Å². The van der Waals surface area contributed by atoms with Crippen LogP contribution in [0.4, 0.5) is 4.79 Å². The molecule has 1 aromatic heterocycles. The number of aliphatic hydroxyl groups is 1. The number of aliphatic hydroxyl groups excluding tert-OH is 1. The largest absolute Gasteiger partial charge is 0.448 e. The molecule has 0 atom stereocenters. The van der Waals surface area contributed by atoms with E-state index in [1.165, 1.54) is 6.39 Å². The first-order valence-corrected chi connectivity index (χ1v) is 6.78. The summed E-state index contributed by atoms with van der Waals surface area (Å²) in [6.07, 6.45) is 2.10. The second kappa shape index (κ2) is 7.44. The van der Waals surface area contributed by atoms with Crippen LogP contribution in [-0.4, -0.2) is 22.7 Å². The molecule has 2 rings (SSSR count). The molecule has 0 fully saturated rings. The zero-order valence-electron chi connectivity index (χ0n) is 11.9. The molecule has 0 radical (unpaired) electrons. The van der Waals surface area contributed by atoms with Crippen molar-refractivity contribution >= 4 is 6.03 Å². The summed E-state index contributed by atoms with van der Waals surface area (Å²) < 4.78 is 5.05. The van der Waals surface area contributed by atoms with Gasteiger partial charge < -0.3 is 20.2 Å². The van der Waals surface area contributed by atoms with Gasteiger partial charge >= 0.3 is 6.03 Å². The molecule has 0 aliphatic heterocycles. The van der Waals surface area contributed by atoms with Crippen molar-refractivity contribution in [1.82, 2.24) is 15.6 Å². The molecule has 3 N–H and O–H groups in total. The minimum atomic E-state index is -0.232. The van der Waals surface area contributed by atoms with Gasteiger partial charge in [-0.3, -0.25) is 0 Å². The molecule has 0 saturated carbocycles. The second-order valence-corrected chi connectivity index (χ2v) is 4.69. The van der Waals surface area contributed by atoms with Crippen LogP contribution < -0.4 is 10.6 Å². The van der Waals surface area contributed by atoms with Crippen LogP contribution in [0.15, 0.2) is 35.1 Å². The average Bonchev–Trinajstić information content (AvgIpc) is 2.91. The number of oxazole rings is 1. The Balaban J connectivity index is 1.68. The molecule has 1 aromatic carbocycles. The average molecular weight is 289 g/mol. The third kappa shape index (κ3) is 4.61. The normalized spacial score (nSPS) is 10.4. The molecule has 0 bridgehead atoms.